The Kier molecular flexibility index (Phi) is 6.68. The van der Waals surface area contributed by atoms with Crippen LogP contribution in [0, 0.1) is 5.92 Å². The number of carbonyl (C=O) groups excluding carboxylic acids is 2. The zero-order valence-corrected chi connectivity index (χ0v) is 15.8. The first-order valence-electron chi connectivity index (χ1n) is 8.34. The van der Waals surface area contributed by atoms with Gasteiger partial charge >= 0.3 is 0 Å². The van der Waals surface area contributed by atoms with E-state index < -0.39 is 5.92 Å². The summed E-state index contributed by atoms with van der Waals surface area (Å²) in [5.74, 6) is 0.656. The maximum absolute atomic E-state index is 12.6. The smallest absolute Gasteiger partial charge is 0.229 e. The second-order valence-corrected chi connectivity index (χ2v) is 6.15. The van der Waals surface area contributed by atoms with Gasteiger partial charge in [-0.15, -0.1) is 0 Å². The maximum atomic E-state index is 12.6. The zero-order valence-electron chi connectivity index (χ0n) is 15.8. The minimum Gasteiger partial charge on any atom is -0.493 e. The molecule has 26 heavy (non-hydrogen) atoms. The van der Waals surface area contributed by atoms with Gasteiger partial charge in [0.25, 0.3) is 0 Å². The monoisotopic (exact) mass is 366 g/mol. The number of rotatable bonds is 8. The van der Waals surface area contributed by atoms with Gasteiger partial charge in [-0.2, -0.15) is 0 Å². The Morgan fingerprint density at radius 2 is 1.81 bits per heavy atom. The van der Waals surface area contributed by atoms with Gasteiger partial charge in [-0.3, -0.25) is 9.59 Å². The van der Waals surface area contributed by atoms with E-state index >= 15 is 0 Å². The molecule has 1 N–H and O–H groups in total. The molecule has 2 atom stereocenters. The normalized spacial score (nSPS) is 17.8. The predicted molar refractivity (Wildman–Crippen MR) is 95.9 cm³/mol. The molecule has 1 aliphatic rings. The predicted octanol–water partition coefficient (Wildman–Crippen LogP) is 1.53. The lowest BCUT2D eigenvalue weighted by molar-refractivity contribution is -0.130. The highest BCUT2D eigenvalue weighted by Gasteiger charge is 2.36. The molecule has 1 saturated heterocycles. The average molecular weight is 366 g/mol. The molecule has 0 saturated carbocycles. The third kappa shape index (κ3) is 4.19. The van der Waals surface area contributed by atoms with Gasteiger partial charge in [0.15, 0.2) is 11.5 Å². The number of carbonyl (C=O) groups is 2. The summed E-state index contributed by atoms with van der Waals surface area (Å²) in [6, 6.07) is 3.24. The summed E-state index contributed by atoms with van der Waals surface area (Å²) in [6.45, 7) is 2.72. The van der Waals surface area contributed by atoms with Crippen molar-refractivity contribution in [3.05, 3.63) is 12.1 Å². The summed E-state index contributed by atoms with van der Waals surface area (Å²) >= 11 is 0. The zero-order chi connectivity index (χ0) is 19.3. The van der Waals surface area contributed by atoms with Crippen LogP contribution in [0.1, 0.15) is 13.3 Å². The summed E-state index contributed by atoms with van der Waals surface area (Å²) in [4.78, 5) is 26.5. The van der Waals surface area contributed by atoms with Crippen molar-refractivity contribution in [1.29, 1.82) is 0 Å². The van der Waals surface area contributed by atoms with Crippen molar-refractivity contribution in [3.63, 3.8) is 0 Å². The Morgan fingerprint density at radius 3 is 2.31 bits per heavy atom. The second-order valence-electron chi connectivity index (χ2n) is 6.15. The molecule has 0 spiro atoms. The Bertz CT molecular complexity index is 638. The van der Waals surface area contributed by atoms with E-state index in [0.717, 1.165) is 0 Å². The molecule has 1 fully saturated rings. The fourth-order valence-corrected chi connectivity index (χ4v) is 3.06. The quantitative estimate of drug-likeness (QED) is 0.751. The van der Waals surface area contributed by atoms with Gasteiger partial charge in [0.2, 0.25) is 17.6 Å². The highest BCUT2D eigenvalue weighted by atomic mass is 16.5. The summed E-state index contributed by atoms with van der Waals surface area (Å²) < 4.78 is 20.9. The van der Waals surface area contributed by atoms with Crippen LogP contribution in [0.2, 0.25) is 0 Å². The molecule has 0 unspecified atom stereocenters. The number of hydrogen-bond acceptors (Lipinski definition) is 6. The Balaban J connectivity index is 2.12. The van der Waals surface area contributed by atoms with Crippen molar-refractivity contribution < 1.29 is 28.5 Å². The van der Waals surface area contributed by atoms with E-state index in [4.69, 9.17) is 18.9 Å². The molecule has 2 amide bonds. The molecule has 144 valence electrons. The molecule has 2 rings (SSSR count). The average Bonchev–Trinajstić information content (AvgIpc) is 3.03. The van der Waals surface area contributed by atoms with Gasteiger partial charge < -0.3 is 29.2 Å². The summed E-state index contributed by atoms with van der Waals surface area (Å²) in [7, 11) is 6.12. The van der Waals surface area contributed by atoms with Crippen molar-refractivity contribution in [2.45, 2.75) is 19.4 Å². The van der Waals surface area contributed by atoms with Crippen LogP contribution in [-0.4, -0.2) is 64.3 Å². The first-order valence-corrected chi connectivity index (χ1v) is 8.34. The van der Waals surface area contributed by atoms with Crippen LogP contribution in [0.3, 0.4) is 0 Å². The first kappa shape index (κ1) is 19.8. The minimum absolute atomic E-state index is 0.0420. The van der Waals surface area contributed by atoms with E-state index in [1.54, 1.807) is 24.1 Å². The van der Waals surface area contributed by atoms with Gasteiger partial charge in [-0.25, -0.2) is 0 Å². The van der Waals surface area contributed by atoms with E-state index in [-0.39, 0.29) is 24.3 Å². The molecule has 1 aromatic carbocycles. The number of hydrogen-bond donors (Lipinski definition) is 1. The number of methoxy groups -OCH3 is 4. The number of nitrogens with zero attached hydrogens (tertiary/aromatic N) is 1. The number of benzene rings is 1. The molecule has 0 aliphatic carbocycles. The SMILES string of the molecule is COC[C@H](C)N1C[C@@H](C(=O)Nc2cc(OC)c(OC)c(OC)c2)CC1=O. The van der Waals surface area contributed by atoms with Crippen molar-refractivity contribution in [1.82, 2.24) is 4.90 Å². The fourth-order valence-electron chi connectivity index (χ4n) is 3.06. The Hall–Kier alpha value is -2.48. The molecule has 0 aromatic heterocycles. The molecular weight excluding hydrogens is 340 g/mol. The highest BCUT2D eigenvalue weighted by Crippen LogP contribution is 2.40. The van der Waals surface area contributed by atoms with Crippen LogP contribution in [0.5, 0.6) is 17.2 Å². The molecule has 1 aliphatic heterocycles. The van der Waals surface area contributed by atoms with Gasteiger partial charge in [-0.05, 0) is 6.92 Å². The van der Waals surface area contributed by atoms with E-state index in [0.29, 0.717) is 36.1 Å². The fraction of sp³-hybridized carbons (Fsp3) is 0.556. The number of ether oxygens (including phenoxy) is 4. The number of amides is 2. The topological polar surface area (TPSA) is 86.3 Å². The van der Waals surface area contributed by atoms with E-state index in [1.807, 2.05) is 6.92 Å². The highest BCUT2D eigenvalue weighted by molar-refractivity contribution is 5.97. The lowest BCUT2D eigenvalue weighted by Crippen LogP contribution is -2.38. The second kappa shape index (κ2) is 8.75. The molecule has 1 aromatic rings. The molecular formula is C18H26N2O6. The number of likely N-dealkylation sites (tertiary alicyclic amines) is 1. The third-order valence-corrected chi connectivity index (χ3v) is 4.40. The van der Waals surface area contributed by atoms with Crippen LogP contribution < -0.4 is 19.5 Å². The Morgan fingerprint density at radius 1 is 1.19 bits per heavy atom. The van der Waals surface area contributed by atoms with Gasteiger partial charge in [-0.1, -0.05) is 0 Å². The van der Waals surface area contributed by atoms with Gasteiger partial charge in [0.1, 0.15) is 0 Å². The van der Waals surface area contributed by atoms with Crippen LogP contribution in [0.4, 0.5) is 5.69 Å². The van der Waals surface area contributed by atoms with Crippen molar-refractivity contribution in [2.24, 2.45) is 5.92 Å². The largest absolute Gasteiger partial charge is 0.493 e. The summed E-state index contributed by atoms with van der Waals surface area (Å²) in [5.41, 5.74) is 0.514. The minimum atomic E-state index is -0.416. The van der Waals surface area contributed by atoms with E-state index in [2.05, 4.69) is 5.32 Å². The van der Waals surface area contributed by atoms with Crippen molar-refractivity contribution in [2.75, 3.05) is 46.9 Å². The van der Waals surface area contributed by atoms with Crippen LogP contribution in [0.25, 0.3) is 0 Å². The maximum Gasteiger partial charge on any atom is 0.229 e. The van der Waals surface area contributed by atoms with Crippen LogP contribution >= 0.6 is 0 Å². The third-order valence-electron chi connectivity index (χ3n) is 4.40. The van der Waals surface area contributed by atoms with Crippen LogP contribution in [0.15, 0.2) is 12.1 Å². The Labute approximate surface area is 153 Å². The lowest BCUT2D eigenvalue weighted by atomic mass is 10.1. The lowest BCUT2D eigenvalue weighted by Gasteiger charge is -2.24. The molecule has 1 heterocycles. The standard InChI is InChI=1S/C18H26N2O6/c1-11(10-23-2)20-9-12(6-16(20)21)18(22)19-13-7-14(24-3)17(26-5)15(8-13)25-4/h7-8,11-12H,6,9-10H2,1-5H3,(H,19,22)/t11-,12-/m0/s1. The molecule has 0 bridgehead atoms. The number of anilines is 1. The summed E-state index contributed by atoms with van der Waals surface area (Å²) in [5, 5.41) is 2.83. The van der Waals surface area contributed by atoms with E-state index in [1.165, 1.54) is 21.3 Å². The van der Waals surface area contributed by atoms with E-state index in [9.17, 15) is 9.59 Å². The van der Waals surface area contributed by atoms with Crippen molar-refractivity contribution >= 4 is 17.5 Å². The van der Waals surface area contributed by atoms with Gasteiger partial charge in [0, 0.05) is 37.9 Å². The molecule has 8 heteroatoms. The molecule has 0 radical (unpaired) electrons. The number of nitrogens with one attached hydrogen (secondary N) is 1. The van der Waals surface area contributed by atoms with Crippen molar-refractivity contribution in [3.8, 4) is 17.2 Å². The van der Waals surface area contributed by atoms with Gasteiger partial charge in [0.05, 0.1) is 39.9 Å². The first-order chi connectivity index (χ1) is 12.4. The summed E-state index contributed by atoms with van der Waals surface area (Å²) in [6.07, 6.45) is 0.185. The molecule has 8 nitrogen and oxygen atoms in total. The van der Waals surface area contributed by atoms with Crippen LogP contribution in [-0.2, 0) is 14.3 Å².